The van der Waals surface area contributed by atoms with E-state index < -0.39 is 0 Å². The molecule has 1 saturated heterocycles. The maximum absolute atomic E-state index is 13.0. The second-order valence-corrected chi connectivity index (χ2v) is 8.28. The Hall–Kier alpha value is -4.13. The lowest BCUT2D eigenvalue weighted by Crippen LogP contribution is -2.24. The van der Waals surface area contributed by atoms with Gasteiger partial charge in [0.2, 0.25) is 12.7 Å². The minimum absolute atomic E-state index is 0.0111. The molecule has 7 nitrogen and oxygen atoms in total. The first-order valence-electron chi connectivity index (χ1n) is 10.9. The number of rotatable bonds is 5. The van der Waals surface area contributed by atoms with Crippen molar-refractivity contribution in [1.82, 2.24) is 9.55 Å². The predicted molar refractivity (Wildman–Crippen MR) is 123 cm³/mol. The van der Waals surface area contributed by atoms with Crippen LogP contribution in [0.1, 0.15) is 28.5 Å². The number of imidazole rings is 1. The molecule has 1 unspecified atom stereocenters. The molecule has 0 N–H and O–H groups in total. The van der Waals surface area contributed by atoms with Gasteiger partial charge in [0, 0.05) is 36.2 Å². The summed E-state index contributed by atoms with van der Waals surface area (Å²) in [5, 5.41) is 0. The molecule has 6 rings (SSSR count). The van der Waals surface area contributed by atoms with Crippen LogP contribution in [0, 0.1) is 0 Å². The van der Waals surface area contributed by atoms with E-state index in [0.717, 1.165) is 22.5 Å². The van der Waals surface area contributed by atoms with Crippen LogP contribution in [-0.4, -0.2) is 34.6 Å². The highest BCUT2D eigenvalue weighted by atomic mass is 16.7. The smallest absolute Gasteiger partial charge is 0.231 e. The molecule has 0 aliphatic carbocycles. The van der Waals surface area contributed by atoms with E-state index in [4.69, 9.17) is 14.5 Å². The number of Topliss-reactive ketones (excluding diaryl/α,β-unsaturated/α-hetero) is 1. The first-order chi connectivity index (χ1) is 16.2. The van der Waals surface area contributed by atoms with Crippen LogP contribution in [0.5, 0.6) is 11.5 Å². The van der Waals surface area contributed by atoms with Crippen LogP contribution >= 0.6 is 0 Å². The van der Waals surface area contributed by atoms with Crippen molar-refractivity contribution in [3.8, 4) is 11.5 Å². The molecule has 0 radical (unpaired) electrons. The molecule has 2 aliphatic heterocycles. The second-order valence-electron chi connectivity index (χ2n) is 8.28. The Balaban J connectivity index is 1.34. The minimum Gasteiger partial charge on any atom is -0.454 e. The van der Waals surface area contributed by atoms with Gasteiger partial charge in [0.15, 0.2) is 17.3 Å². The van der Waals surface area contributed by atoms with Gasteiger partial charge in [-0.05, 0) is 24.3 Å². The summed E-state index contributed by atoms with van der Waals surface area (Å²) < 4.78 is 12.8. The lowest BCUT2D eigenvalue weighted by atomic mass is 10.1. The van der Waals surface area contributed by atoms with Crippen molar-refractivity contribution in [1.29, 1.82) is 0 Å². The number of ketones is 1. The van der Waals surface area contributed by atoms with Gasteiger partial charge in [-0.25, -0.2) is 4.98 Å². The van der Waals surface area contributed by atoms with Crippen LogP contribution < -0.4 is 14.4 Å². The van der Waals surface area contributed by atoms with Gasteiger partial charge in [-0.15, -0.1) is 0 Å². The normalized spacial score (nSPS) is 17.2. The number of aromatic nitrogens is 2. The molecule has 1 atom stereocenters. The van der Waals surface area contributed by atoms with E-state index in [2.05, 4.69) is 0 Å². The van der Waals surface area contributed by atoms with Gasteiger partial charge in [-0.2, -0.15) is 0 Å². The number of benzene rings is 3. The van der Waals surface area contributed by atoms with Crippen molar-refractivity contribution < 1.29 is 19.1 Å². The molecular formula is C26H21N3O4. The molecule has 3 heterocycles. The van der Waals surface area contributed by atoms with Gasteiger partial charge in [0.05, 0.1) is 17.6 Å². The number of hydrogen-bond donors (Lipinski definition) is 0. The Morgan fingerprint density at radius 3 is 2.64 bits per heavy atom. The number of fused-ring (bicyclic) bond motifs is 2. The molecule has 4 aromatic rings. The van der Waals surface area contributed by atoms with Gasteiger partial charge >= 0.3 is 0 Å². The fraction of sp³-hybridized carbons (Fsp3) is 0.192. The summed E-state index contributed by atoms with van der Waals surface area (Å²) >= 11 is 0. The number of carbonyl (C=O) groups is 2. The van der Waals surface area contributed by atoms with Crippen molar-refractivity contribution in [3.63, 3.8) is 0 Å². The third kappa shape index (κ3) is 3.42. The fourth-order valence-electron chi connectivity index (χ4n) is 4.61. The lowest BCUT2D eigenvalue weighted by Gasteiger charge is -2.18. The average Bonchev–Trinajstić information content (AvgIpc) is 3.56. The van der Waals surface area contributed by atoms with Gasteiger partial charge in [-0.3, -0.25) is 9.59 Å². The van der Waals surface area contributed by atoms with Crippen molar-refractivity contribution in [2.45, 2.75) is 18.9 Å². The highest BCUT2D eigenvalue weighted by Crippen LogP contribution is 2.39. The van der Waals surface area contributed by atoms with Crippen LogP contribution in [0.4, 0.5) is 5.69 Å². The molecule has 1 aromatic heterocycles. The summed E-state index contributed by atoms with van der Waals surface area (Å²) in [4.78, 5) is 32.6. The van der Waals surface area contributed by atoms with Gasteiger partial charge < -0.3 is 18.9 Å². The number of carbonyl (C=O) groups excluding carboxylic acids is 2. The van der Waals surface area contributed by atoms with Crippen molar-refractivity contribution in [2.75, 3.05) is 18.2 Å². The maximum atomic E-state index is 13.0. The number of hydrogen-bond acceptors (Lipinski definition) is 5. The van der Waals surface area contributed by atoms with Gasteiger partial charge in [0.25, 0.3) is 0 Å². The quantitative estimate of drug-likeness (QED) is 0.437. The van der Waals surface area contributed by atoms with Gasteiger partial charge in [-0.1, -0.05) is 42.5 Å². The first kappa shape index (κ1) is 19.5. The largest absolute Gasteiger partial charge is 0.454 e. The molecule has 1 fully saturated rings. The number of ether oxygens (including phenoxy) is 2. The van der Waals surface area contributed by atoms with E-state index in [1.165, 1.54) is 0 Å². The Morgan fingerprint density at radius 1 is 0.970 bits per heavy atom. The Morgan fingerprint density at radius 2 is 1.76 bits per heavy atom. The number of amides is 1. The Bertz CT molecular complexity index is 1380. The molecule has 7 heteroatoms. The minimum atomic E-state index is -0.126. The zero-order valence-electron chi connectivity index (χ0n) is 17.8. The highest BCUT2D eigenvalue weighted by Gasteiger charge is 2.35. The summed E-state index contributed by atoms with van der Waals surface area (Å²) in [6.07, 6.45) is 0.331. The summed E-state index contributed by atoms with van der Waals surface area (Å²) in [7, 11) is 0. The van der Waals surface area contributed by atoms with Crippen molar-refractivity contribution in [3.05, 3.63) is 84.2 Å². The van der Waals surface area contributed by atoms with E-state index in [-0.39, 0.29) is 30.9 Å². The van der Waals surface area contributed by atoms with Crippen LogP contribution in [0.2, 0.25) is 0 Å². The SMILES string of the molecule is O=C(Cn1c(C2CC(=O)N(c3ccc4c(c3)OCO4)C2)nc2ccccc21)c1ccccc1. The summed E-state index contributed by atoms with van der Waals surface area (Å²) in [5.41, 5.74) is 3.15. The second kappa shape index (κ2) is 7.78. The molecule has 1 amide bonds. The Labute approximate surface area is 190 Å². The molecule has 164 valence electrons. The van der Waals surface area contributed by atoms with Crippen LogP contribution in [0.15, 0.2) is 72.8 Å². The Kier molecular flexibility index (Phi) is 4.61. The van der Waals surface area contributed by atoms with E-state index >= 15 is 0 Å². The molecule has 33 heavy (non-hydrogen) atoms. The molecular weight excluding hydrogens is 418 g/mol. The van der Waals surface area contributed by atoms with E-state index in [1.807, 2.05) is 77.4 Å². The van der Waals surface area contributed by atoms with Gasteiger partial charge in [0.1, 0.15) is 5.82 Å². The molecule has 3 aromatic carbocycles. The zero-order valence-corrected chi connectivity index (χ0v) is 17.8. The lowest BCUT2D eigenvalue weighted by molar-refractivity contribution is -0.117. The predicted octanol–water partition coefficient (Wildman–Crippen LogP) is 4.17. The summed E-state index contributed by atoms with van der Waals surface area (Å²) in [6.45, 7) is 0.852. The van der Waals surface area contributed by atoms with Crippen molar-refractivity contribution in [2.24, 2.45) is 0 Å². The zero-order chi connectivity index (χ0) is 22.4. The molecule has 2 aliphatic rings. The average molecular weight is 439 g/mol. The third-order valence-electron chi connectivity index (χ3n) is 6.24. The standard InChI is InChI=1S/C26H21N3O4/c30-22(17-6-2-1-3-7-17)15-29-21-9-5-4-8-20(21)27-26(29)18-12-25(31)28(14-18)19-10-11-23-24(13-19)33-16-32-23/h1-11,13,18H,12,14-16H2. The van der Waals surface area contributed by atoms with Crippen LogP contribution in [0.25, 0.3) is 11.0 Å². The molecule has 0 spiro atoms. The number of para-hydroxylation sites is 2. The van der Waals surface area contributed by atoms with Crippen molar-refractivity contribution >= 4 is 28.4 Å². The van der Waals surface area contributed by atoms with E-state index in [9.17, 15) is 9.59 Å². The summed E-state index contributed by atoms with van der Waals surface area (Å²) in [6, 6.07) is 22.6. The van der Waals surface area contributed by atoms with Crippen LogP contribution in [-0.2, 0) is 11.3 Å². The third-order valence-corrected chi connectivity index (χ3v) is 6.24. The molecule has 0 saturated carbocycles. The van der Waals surface area contributed by atoms with E-state index in [0.29, 0.717) is 30.0 Å². The van der Waals surface area contributed by atoms with E-state index in [1.54, 1.807) is 4.90 Å². The maximum Gasteiger partial charge on any atom is 0.231 e. The number of nitrogens with zero attached hydrogens (tertiary/aromatic N) is 3. The fourth-order valence-corrected chi connectivity index (χ4v) is 4.61. The monoisotopic (exact) mass is 439 g/mol. The topological polar surface area (TPSA) is 73.7 Å². The number of anilines is 1. The van der Waals surface area contributed by atoms with Crippen LogP contribution in [0.3, 0.4) is 0 Å². The molecule has 0 bridgehead atoms. The highest BCUT2D eigenvalue weighted by molar-refractivity contribution is 5.98. The summed E-state index contributed by atoms with van der Waals surface area (Å²) in [5.74, 6) is 1.99. The first-order valence-corrected chi connectivity index (χ1v) is 10.9.